The molecule has 0 bridgehead atoms. The number of allylic oxidation sites excluding steroid dienone is 1. The number of benzene rings is 3. The van der Waals surface area contributed by atoms with Crippen molar-refractivity contribution in [2.24, 2.45) is 22.9 Å². The molecule has 0 saturated heterocycles. The van der Waals surface area contributed by atoms with E-state index < -0.39 is 28.8 Å². The number of carbonyl (C=O) groups excluding carboxylic acids is 2. The van der Waals surface area contributed by atoms with Crippen molar-refractivity contribution in [2.45, 2.75) is 147 Å². The quantitative estimate of drug-likeness (QED) is 0.0262. The molecule has 0 radical (unpaired) electrons. The molecular formula is C55H74N4O10. The molecule has 1 aliphatic heterocycles. The summed E-state index contributed by atoms with van der Waals surface area (Å²) in [4.78, 5) is 46.7. The summed E-state index contributed by atoms with van der Waals surface area (Å²) >= 11 is 0. The normalized spacial score (nSPS) is 21.8. The topological polar surface area (TPSA) is 182 Å². The number of amides is 2. The number of likely N-dealkylation sites (N-methyl/N-ethyl adjacent to an activating group) is 1. The summed E-state index contributed by atoms with van der Waals surface area (Å²) in [6.07, 6.45) is 18.4. The Morgan fingerprint density at radius 1 is 0.913 bits per heavy atom. The first-order chi connectivity index (χ1) is 33.6. The van der Waals surface area contributed by atoms with Crippen molar-refractivity contribution in [3.05, 3.63) is 124 Å². The Bertz CT molecular complexity index is 2180. The van der Waals surface area contributed by atoms with Crippen LogP contribution in [0.25, 0.3) is 0 Å². The molecule has 1 fully saturated rings. The van der Waals surface area contributed by atoms with Crippen LogP contribution >= 0.6 is 0 Å². The summed E-state index contributed by atoms with van der Waals surface area (Å²) in [6.45, 7) is 6.84. The lowest BCUT2D eigenvalue weighted by atomic mass is 9.55. The maximum Gasteiger partial charge on any atom is 0.412 e. The first kappa shape index (κ1) is 52.8. The number of non-ortho nitro benzene ring substituents is 1. The molecule has 1 saturated carbocycles. The molecule has 3 aromatic carbocycles. The zero-order valence-corrected chi connectivity index (χ0v) is 40.7. The molecule has 3 aliphatic rings. The van der Waals surface area contributed by atoms with E-state index in [4.69, 9.17) is 24.2 Å². The summed E-state index contributed by atoms with van der Waals surface area (Å²) in [6, 6.07) is 20.5. The van der Waals surface area contributed by atoms with Crippen molar-refractivity contribution in [3.8, 4) is 11.5 Å². The monoisotopic (exact) mass is 951 g/mol. The summed E-state index contributed by atoms with van der Waals surface area (Å²) in [7, 11) is 1.82. The number of aliphatic hydroxyl groups is 2. The van der Waals surface area contributed by atoms with Crippen LogP contribution in [0.5, 0.6) is 11.5 Å². The lowest BCUT2D eigenvalue weighted by Crippen LogP contribution is -2.69. The highest BCUT2D eigenvalue weighted by atomic mass is 16.7. The summed E-state index contributed by atoms with van der Waals surface area (Å²) in [5, 5.41) is 39.0. The molecule has 1 heterocycles. The van der Waals surface area contributed by atoms with Gasteiger partial charge in [-0.3, -0.25) is 14.9 Å². The average Bonchev–Trinajstić information content (AvgIpc) is 3.36. The molecule has 0 spiro atoms. The third-order valence-corrected chi connectivity index (χ3v) is 14.0. The van der Waals surface area contributed by atoms with Crippen LogP contribution in [0, 0.1) is 27.9 Å². The number of unbranched alkanes of at least 4 members (excludes halogenated alkanes) is 10. The number of nitrogens with one attached hydrogen (secondary N) is 1. The third-order valence-electron chi connectivity index (χ3n) is 14.0. The highest BCUT2D eigenvalue weighted by Crippen LogP contribution is 2.62. The van der Waals surface area contributed by atoms with E-state index in [1.807, 2.05) is 49.5 Å². The van der Waals surface area contributed by atoms with Gasteiger partial charge in [0, 0.05) is 63.3 Å². The number of carbonyl (C=O) groups is 2. The van der Waals surface area contributed by atoms with Crippen molar-refractivity contribution < 1.29 is 43.8 Å². The summed E-state index contributed by atoms with van der Waals surface area (Å²) < 4.78 is 20.3. The van der Waals surface area contributed by atoms with E-state index in [0.717, 1.165) is 68.1 Å². The average molecular weight is 951 g/mol. The molecule has 6 rings (SSSR count). The first-order valence-corrected chi connectivity index (χ1v) is 25.3. The van der Waals surface area contributed by atoms with E-state index in [1.165, 1.54) is 44.2 Å². The highest BCUT2D eigenvalue weighted by Gasteiger charge is 2.65. The molecule has 14 nitrogen and oxygen atoms in total. The van der Waals surface area contributed by atoms with Crippen LogP contribution in [-0.2, 0) is 27.5 Å². The van der Waals surface area contributed by atoms with Gasteiger partial charge < -0.3 is 39.5 Å². The number of aliphatic hydroxyl groups excluding tert-OH is 2. The maximum absolute atomic E-state index is 14.5. The van der Waals surface area contributed by atoms with E-state index in [-0.39, 0.29) is 62.2 Å². The maximum atomic E-state index is 14.5. The number of fused-ring (bicyclic) bond motifs is 2. The number of oxime groups is 1. The minimum atomic E-state index is -1.42. The number of hydrogen-bond donors (Lipinski definition) is 3. The molecular weight excluding hydrogens is 877 g/mol. The minimum absolute atomic E-state index is 0.00396. The van der Waals surface area contributed by atoms with Crippen molar-refractivity contribution in [1.29, 1.82) is 0 Å². The molecule has 374 valence electrons. The zero-order valence-electron chi connectivity index (χ0n) is 40.7. The van der Waals surface area contributed by atoms with Crippen LogP contribution in [-0.4, -0.2) is 76.4 Å². The van der Waals surface area contributed by atoms with Gasteiger partial charge in [-0.2, -0.15) is 0 Å². The molecule has 3 N–H and O–H groups in total. The predicted molar refractivity (Wildman–Crippen MR) is 267 cm³/mol. The van der Waals surface area contributed by atoms with Gasteiger partial charge in [-0.05, 0) is 91.0 Å². The van der Waals surface area contributed by atoms with Crippen molar-refractivity contribution >= 4 is 23.4 Å². The van der Waals surface area contributed by atoms with Crippen molar-refractivity contribution in [1.82, 2.24) is 10.2 Å². The van der Waals surface area contributed by atoms with Gasteiger partial charge in [0.15, 0.2) is 0 Å². The lowest BCUT2D eigenvalue weighted by Gasteiger charge is -2.59. The number of ether oxygens (including phenoxy) is 3. The number of hydrogen-bond acceptors (Lipinski definition) is 11. The van der Waals surface area contributed by atoms with Crippen molar-refractivity contribution in [3.63, 3.8) is 0 Å². The molecule has 2 aliphatic carbocycles. The van der Waals surface area contributed by atoms with Gasteiger partial charge >= 0.3 is 6.09 Å². The van der Waals surface area contributed by atoms with E-state index in [2.05, 4.69) is 24.9 Å². The molecule has 6 atom stereocenters. The summed E-state index contributed by atoms with van der Waals surface area (Å²) in [5.41, 5.74) is 3.94. The third kappa shape index (κ3) is 14.0. The van der Waals surface area contributed by atoms with Gasteiger partial charge in [-0.15, -0.1) is 6.58 Å². The van der Waals surface area contributed by atoms with E-state index >= 15 is 0 Å². The van der Waals surface area contributed by atoms with E-state index in [1.54, 1.807) is 29.2 Å². The predicted octanol–water partition coefficient (Wildman–Crippen LogP) is 11.1. The Hall–Kier alpha value is -5.57. The smallest absolute Gasteiger partial charge is 0.412 e. The fourth-order valence-electron chi connectivity index (χ4n) is 10.5. The van der Waals surface area contributed by atoms with Gasteiger partial charge in [-0.1, -0.05) is 119 Å². The van der Waals surface area contributed by atoms with E-state index in [9.17, 15) is 29.9 Å². The Morgan fingerprint density at radius 2 is 1.61 bits per heavy atom. The molecule has 69 heavy (non-hydrogen) atoms. The fraction of sp³-hybridized carbons (Fsp3) is 0.545. The van der Waals surface area contributed by atoms with Gasteiger partial charge in [0.2, 0.25) is 11.7 Å². The number of nitro benzene ring substituents is 1. The first-order valence-electron chi connectivity index (χ1n) is 25.3. The van der Waals surface area contributed by atoms with Crippen LogP contribution in [0.1, 0.15) is 139 Å². The van der Waals surface area contributed by atoms with Crippen LogP contribution in [0.2, 0.25) is 0 Å². The summed E-state index contributed by atoms with van der Waals surface area (Å²) in [5.74, 6) is -1.43. The largest absolute Gasteiger partial charge is 0.459 e. The Labute approximate surface area is 408 Å². The molecule has 0 aromatic heterocycles. The van der Waals surface area contributed by atoms with Crippen LogP contribution in [0.3, 0.4) is 0 Å². The highest BCUT2D eigenvalue weighted by molar-refractivity contribution is 6.03. The minimum Gasteiger partial charge on any atom is -0.459 e. The number of rotatable bonds is 29. The molecule has 14 heteroatoms. The number of nitrogens with zero attached hydrogens (tertiary/aromatic N) is 3. The van der Waals surface area contributed by atoms with Gasteiger partial charge in [0.05, 0.1) is 23.2 Å². The Kier molecular flexibility index (Phi) is 20.7. The fourth-order valence-corrected chi connectivity index (χ4v) is 10.5. The Balaban J connectivity index is 1.41. The molecule has 3 aromatic rings. The standard InChI is InChI=1S/C55H74N4O10/c1-4-6-7-8-9-10-11-12-16-25-51(62)58(3)50-37-48(57-67-39-41-26-28-43(29-27-41)59(64)65)46-35-42(23-17-19-32-60)45(24-18-20-33-61)52-47-36-44(68-54(63)56-38-40-21-14-13-15-22-40)30-31-49(47)69-55(50,53(46)52)66-34-5-2/h5,13-15,21-22,26-31,35-36,42,45,50,52-53,60-61H,2,4,6-12,16-20,23-25,32-34,37-39H2,1,3H3,(H,56,63)/t42-,45+,50-,52+,53+,55+/m0/s1. The second kappa shape index (κ2) is 27.0. The SMILES string of the molecule is C=CCO[C@@]12Oc3ccc(OC(=O)NCc4ccccc4)cc3[C@H]3[C@H](CCCCO)[C@@H](CCCCO)C=C(C(=NOCc4ccc([N+](=O)[O-])cc4)C[C@@H]1N(C)C(=O)CCCCCCCCCCC)[C@H]32. The van der Waals surface area contributed by atoms with Crippen LogP contribution in [0.4, 0.5) is 10.5 Å². The van der Waals surface area contributed by atoms with Gasteiger partial charge in [0.25, 0.3) is 5.69 Å². The van der Waals surface area contributed by atoms with Crippen LogP contribution < -0.4 is 14.8 Å². The number of nitro groups is 1. The van der Waals surface area contributed by atoms with Crippen molar-refractivity contribution in [2.75, 3.05) is 26.9 Å². The zero-order chi connectivity index (χ0) is 49.0. The van der Waals surface area contributed by atoms with Gasteiger partial charge in [-0.25, -0.2) is 4.79 Å². The Morgan fingerprint density at radius 3 is 2.29 bits per heavy atom. The molecule has 0 unspecified atom stereocenters. The second-order valence-corrected chi connectivity index (χ2v) is 18.8. The second-order valence-electron chi connectivity index (χ2n) is 18.8. The molecule has 2 amide bonds. The lowest BCUT2D eigenvalue weighted by molar-refractivity contribution is -0.384. The van der Waals surface area contributed by atoms with E-state index in [0.29, 0.717) is 48.6 Å². The van der Waals surface area contributed by atoms with Gasteiger partial charge in [0.1, 0.15) is 24.1 Å². The van der Waals surface area contributed by atoms with Crippen LogP contribution in [0.15, 0.2) is 102 Å².